The van der Waals surface area contributed by atoms with Gasteiger partial charge in [-0.05, 0) is 18.2 Å². The number of methoxy groups -OCH3 is 1. The summed E-state index contributed by atoms with van der Waals surface area (Å²) in [7, 11) is 1.59. The van der Waals surface area contributed by atoms with Crippen LogP contribution in [0.1, 0.15) is 10.4 Å². The van der Waals surface area contributed by atoms with Gasteiger partial charge >= 0.3 is 0 Å². The molecule has 1 aromatic heterocycles. The summed E-state index contributed by atoms with van der Waals surface area (Å²) in [6, 6.07) is 13.0. The molecule has 0 saturated heterocycles. The fourth-order valence-corrected chi connectivity index (χ4v) is 2.89. The Bertz CT molecular complexity index is 939. The van der Waals surface area contributed by atoms with Gasteiger partial charge in [-0.15, -0.1) is 11.3 Å². The molecule has 7 nitrogen and oxygen atoms in total. The number of hydrogen-bond acceptors (Lipinski definition) is 6. The van der Waals surface area contributed by atoms with Gasteiger partial charge in [-0.3, -0.25) is 20.2 Å². The number of amides is 1. The minimum Gasteiger partial charge on any atom is -0.497 e. The topological polar surface area (TPSA) is 94.4 Å². The molecule has 1 heterocycles. The van der Waals surface area contributed by atoms with Gasteiger partial charge in [0.15, 0.2) is 5.13 Å². The number of nitro benzene ring substituents is 1. The van der Waals surface area contributed by atoms with Crippen molar-refractivity contribution in [2.24, 2.45) is 0 Å². The quantitative estimate of drug-likeness (QED) is 0.552. The second-order valence-corrected chi connectivity index (χ2v) is 5.89. The molecule has 0 fully saturated rings. The second-order valence-electron chi connectivity index (χ2n) is 5.03. The summed E-state index contributed by atoms with van der Waals surface area (Å²) in [6.45, 7) is 0. The molecule has 0 aliphatic carbocycles. The number of thiazole rings is 1. The lowest BCUT2D eigenvalue weighted by Crippen LogP contribution is -2.11. The largest absolute Gasteiger partial charge is 0.497 e. The average Bonchev–Trinajstić information content (AvgIpc) is 3.10. The summed E-state index contributed by atoms with van der Waals surface area (Å²) < 4.78 is 5.19. The van der Waals surface area contributed by atoms with E-state index in [1.807, 2.05) is 29.6 Å². The zero-order valence-electron chi connectivity index (χ0n) is 13.1. The van der Waals surface area contributed by atoms with E-state index < -0.39 is 10.8 Å². The highest BCUT2D eigenvalue weighted by atomic mass is 32.1. The fraction of sp³-hybridized carbons (Fsp3) is 0.0588. The Morgan fingerprint density at radius 1 is 1.24 bits per heavy atom. The Labute approximate surface area is 147 Å². The smallest absolute Gasteiger partial charge is 0.270 e. The molecule has 0 aliphatic rings. The minimum absolute atomic E-state index is 0.135. The van der Waals surface area contributed by atoms with E-state index in [-0.39, 0.29) is 11.3 Å². The van der Waals surface area contributed by atoms with Crippen LogP contribution in [0.25, 0.3) is 11.3 Å². The van der Waals surface area contributed by atoms with Crippen molar-refractivity contribution in [2.45, 2.75) is 0 Å². The zero-order valence-corrected chi connectivity index (χ0v) is 13.9. The molecule has 3 aromatic rings. The number of rotatable bonds is 5. The first-order valence-corrected chi connectivity index (χ1v) is 8.10. The number of hydrogen-bond donors (Lipinski definition) is 1. The molecule has 2 aromatic carbocycles. The number of carbonyl (C=O) groups excluding carboxylic acids is 1. The van der Waals surface area contributed by atoms with Gasteiger partial charge in [-0.1, -0.05) is 18.2 Å². The molecule has 0 radical (unpaired) electrons. The van der Waals surface area contributed by atoms with E-state index >= 15 is 0 Å². The Balaban J connectivity index is 1.78. The predicted octanol–water partition coefficient (Wildman–Crippen LogP) is 3.98. The highest BCUT2D eigenvalue weighted by molar-refractivity contribution is 7.14. The van der Waals surface area contributed by atoms with Crippen LogP contribution in [0.15, 0.2) is 53.9 Å². The van der Waals surface area contributed by atoms with Crippen molar-refractivity contribution in [1.29, 1.82) is 0 Å². The predicted molar refractivity (Wildman–Crippen MR) is 95.2 cm³/mol. The molecule has 0 bridgehead atoms. The molecule has 0 spiro atoms. The summed E-state index contributed by atoms with van der Waals surface area (Å²) in [5, 5.41) is 15.7. The molecule has 0 atom stereocenters. The Morgan fingerprint density at radius 2 is 2.04 bits per heavy atom. The van der Waals surface area contributed by atoms with Gasteiger partial charge in [-0.25, -0.2) is 4.98 Å². The lowest BCUT2D eigenvalue weighted by atomic mass is 10.2. The number of anilines is 1. The number of carbonyl (C=O) groups is 1. The lowest BCUT2D eigenvalue weighted by Gasteiger charge is -2.02. The molecular weight excluding hydrogens is 342 g/mol. The number of aromatic nitrogens is 1. The van der Waals surface area contributed by atoms with E-state index in [0.717, 1.165) is 5.56 Å². The summed E-state index contributed by atoms with van der Waals surface area (Å²) >= 11 is 1.27. The van der Waals surface area contributed by atoms with Gasteiger partial charge in [0, 0.05) is 28.6 Å². The van der Waals surface area contributed by atoms with Crippen LogP contribution in [0.4, 0.5) is 10.8 Å². The number of ether oxygens (including phenoxy) is 1. The second kappa shape index (κ2) is 7.10. The molecule has 8 heteroatoms. The first-order valence-electron chi connectivity index (χ1n) is 7.22. The number of nitrogens with one attached hydrogen (secondary N) is 1. The maximum absolute atomic E-state index is 12.2. The van der Waals surface area contributed by atoms with E-state index in [1.54, 1.807) is 7.11 Å². The van der Waals surface area contributed by atoms with E-state index in [0.29, 0.717) is 16.6 Å². The summed E-state index contributed by atoms with van der Waals surface area (Å²) in [4.78, 5) is 26.9. The van der Waals surface area contributed by atoms with Crippen LogP contribution in [-0.4, -0.2) is 22.9 Å². The highest BCUT2D eigenvalue weighted by Gasteiger charge is 2.13. The van der Waals surface area contributed by atoms with Crippen molar-refractivity contribution in [3.63, 3.8) is 0 Å². The number of nitrogens with zero attached hydrogens (tertiary/aromatic N) is 2. The van der Waals surface area contributed by atoms with Crippen molar-refractivity contribution < 1.29 is 14.5 Å². The molecule has 1 N–H and O–H groups in total. The van der Waals surface area contributed by atoms with Crippen LogP contribution in [0, 0.1) is 10.1 Å². The number of benzene rings is 2. The van der Waals surface area contributed by atoms with Gasteiger partial charge in [0.05, 0.1) is 17.7 Å². The summed E-state index contributed by atoms with van der Waals surface area (Å²) in [6.07, 6.45) is 0. The van der Waals surface area contributed by atoms with E-state index in [1.165, 1.54) is 35.6 Å². The zero-order chi connectivity index (χ0) is 17.8. The molecule has 0 unspecified atom stereocenters. The number of nitro groups is 1. The molecule has 3 rings (SSSR count). The minimum atomic E-state index is -0.541. The maximum Gasteiger partial charge on any atom is 0.270 e. The SMILES string of the molecule is COc1cccc(-c2csc(NC(=O)c3cccc([N+](=O)[O-])c3)n2)c1. The molecule has 0 aliphatic heterocycles. The van der Waals surface area contributed by atoms with Gasteiger partial charge in [0.1, 0.15) is 5.75 Å². The Kier molecular flexibility index (Phi) is 4.71. The highest BCUT2D eigenvalue weighted by Crippen LogP contribution is 2.27. The van der Waals surface area contributed by atoms with Crippen molar-refractivity contribution in [2.75, 3.05) is 12.4 Å². The Morgan fingerprint density at radius 3 is 2.80 bits per heavy atom. The van der Waals surface area contributed by atoms with Crippen LogP contribution >= 0.6 is 11.3 Å². The van der Waals surface area contributed by atoms with Crippen LogP contribution in [-0.2, 0) is 0 Å². The first kappa shape index (κ1) is 16.6. The maximum atomic E-state index is 12.2. The molecule has 1 amide bonds. The van der Waals surface area contributed by atoms with Crippen molar-refractivity contribution in [3.05, 3.63) is 69.6 Å². The molecule has 25 heavy (non-hydrogen) atoms. The van der Waals surface area contributed by atoms with Crippen LogP contribution < -0.4 is 10.1 Å². The molecular formula is C17H13N3O4S. The molecule has 126 valence electrons. The third-order valence-corrected chi connectivity index (χ3v) is 4.17. The van der Waals surface area contributed by atoms with E-state index in [2.05, 4.69) is 10.3 Å². The van der Waals surface area contributed by atoms with Crippen molar-refractivity contribution in [3.8, 4) is 17.0 Å². The normalized spacial score (nSPS) is 10.3. The molecule has 0 saturated carbocycles. The van der Waals surface area contributed by atoms with Crippen LogP contribution in [0.5, 0.6) is 5.75 Å². The standard InChI is InChI=1S/C17H13N3O4S/c1-24-14-7-3-4-11(9-14)15-10-25-17(18-15)19-16(21)12-5-2-6-13(8-12)20(22)23/h2-10H,1H3,(H,18,19,21). The van der Waals surface area contributed by atoms with Crippen LogP contribution in [0.3, 0.4) is 0 Å². The lowest BCUT2D eigenvalue weighted by molar-refractivity contribution is -0.384. The first-order chi connectivity index (χ1) is 12.1. The van der Waals surface area contributed by atoms with Gasteiger partial charge in [-0.2, -0.15) is 0 Å². The van der Waals surface area contributed by atoms with Crippen molar-refractivity contribution in [1.82, 2.24) is 4.98 Å². The van der Waals surface area contributed by atoms with Crippen molar-refractivity contribution >= 4 is 28.1 Å². The summed E-state index contributed by atoms with van der Waals surface area (Å²) in [5.41, 5.74) is 1.64. The third kappa shape index (κ3) is 3.81. The fourth-order valence-electron chi connectivity index (χ4n) is 2.18. The van der Waals surface area contributed by atoms with Gasteiger partial charge < -0.3 is 4.74 Å². The van der Waals surface area contributed by atoms with Gasteiger partial charge in [0.25, 0.3) is 11.6 Å². The van der Waals surface area contributed by atoms with E-state index in [4.69, 9.17) is 4.74 Å². The number of non-ortho nitro benzene ring substituents is 1. The monoisotopic (exact) mass is 355 g/mol. The van der Waals surface area contributed by atoms with Gasteiger partial charge in [0.2, 0.25) is 0 Å². The van der Waals surface area contributed by atoms with Crippen LogP contribution in [0.2, 0.25) is 0 Å². The van der Waals surface area contributed by atoms with E-state index in [9.17, 15) is 14.9 Å². The summed E-state index contributed by atoms with van der Waals surface area (Å²) in [5.74, 6) is 0.267. The Hall–Kier alpha value is -3.26. The average molecular weight is 355 g/mol. The third-order valence-electron chi connectivity index (χ3n) is 3.41.